The van der Waals surface area contributed by atoms with Crippen LogP contribution < -0.4 is 10.6 Å². The number of nitro groups is 1. The lowest BCUT2D eigenvalue weighted by molar-refractivity contribution is -0.385. The fraction of sp³-hybridized carbons (Fsp3) is 0.417. The molecule has 0 bridgehead atoms. The second kappa shape index (κ2) is 6.44. The third kappa shape index (κ3) is 3.43. The molecule has 2 heterocycles. The molecule has 0 saturated carbocycles. The molecule has 0 aliphatic rings. The van der Waals surface area contributed by atoms with Crippen molar-refractivity contribution in [3.8, 4) is 0 Å². The first-order valence-electron chi connectivity index (χ1n) is 6.42. The SMILES string of the molecule is CCNc1nc(C)c([N+](=O)[O-])c(NCc2scnc2C)n1. The maximum absolute atomic E-state index is 11.2. The highest BCUT2D eigenvalue weighted by Gasteiger charge is 2.22. The van der Waals surface area contributed by atoms with Crippen LogP contribution in [0.25, 0.3) is 0 Å². The molecule has 0 radical (unpaired) electrons. The molecule has 2 rings (SSSR count). The predicted octanol–water partition coefficient (Wildman–Crippen LogP) is 2.50. The fourth-order valence-corrected chi connectivity index (χ4v) is 2.52. The number of aryl methyl sites for hydroxylation is 2. The molecule has 0 unspecified atom stereocenters. The molecule has 2 aromatic heterocycles. The molecule has 0 amide bonds. The highest BCUT2D eigenvalue weighted by molar-refractivity contribution is 7.09. The van der Waals surface area contributed by atoms with Gasteiger partial charge in [-0.25, -0.2) is 9.97 Å². The van der Waals surface area contributed by atoms with Crippen LogP contribution in [0, 0.1) is 24.0 Å². The van der Waals surface area contributed by atoms with Gasteiger partial charge < -0.3 is 10.6 Å². The van der Waals surface area contributed by atoms with Crippen molar-refractivity contribution in [2.24, 2.45) is 0 Å². The van der Waals surface area contributed by atoms with Crippen LogP contribution in [0.15, 0.2) is 5.51 Å². The first kappa shape index (κ1) is 15.1. The predicted molar refractivity (Wildman–Crippen MR) is 81.8 cm³/mol. The van der Waals surface area contributed by atoms with Crippen molar-refractivity contribution in [2.45, 2.75) is 27.3 Å². The van der Waals surface area contributed by atoms with E-state index in [2.05, 4.69) is 25.6 Å². The van der Waals surface area contributed by atoms with Crippen molar-refractivity contribution in [1.29, 1.82) is 0 Å². The van der Waals surface area contributed by atoms with Gasteiger partial charge in [0.15, 0.2) is 0 Å². The van der Waals surface area contributed by atoms with Crippen LogP contribution in [0.4, 0.5) is 17.5 Å². The molecule has 21 heavy (non-hydrogen) atoms. The molecule has 2 aromatic rings. The van der Waals surface area contributed by atoms with Gasteiger partial charge in [-0.3, -0.25) is 10.1 Å². The van der Waals surface area contributed by atoms with Gasteiger partial charge in [0.05, 0.1) is 22.7 Å². The minimum absolute atomic E-state index is 0.0983. The third-order valence-corrected chi connectivity index (χ3v) is 3.77. The van der Waals surface area contributed by atoms with E-state index in [1.165, 1.54) is 11.3 Å². The summed E-state index contributed by atoms with van der Waals surface area (Å²) in [5, 5.41) is 17.2. The molecule has 0 aliphatic carbocycles. The Hall–Kier alpha value is -2.29. The van der Waals surface area contributed by atoms with Gasteiger partial charge in [-0.2, -0.15) is 4.98 Å². The number of aromatic nitrogens is 3. The average molecular weight is 308 g/mol. The van der Waals surface area contributed by atoms with Crippen LogP contribution in [-0.4, -0.2) is 26.4 Å². The Morgan fingerprint density at radius 3 is 2.62 bits per heavy atom. The van der Waals surface area contributed by atoms with E-state index >= 15 is 0 Å². The Morgan fingerprint density at radius 2 is 2.05 bits per heavy atom. The summed E-state index contributed by atoms with van der Waals surface area (Å²) in [7, 11) is 0. The van der Waals surface area contributed by atoms with Gasteiger partial charge in [0.1, 0.15) is 5.69 Å². The number of nitrogens with one attached hydrogen (secondary N) is 2. The average Bonchev–Trinajstić information content (AvgIpc) is 2.81. The van der Waals surface area contributed by atoms with Crippen molar-refractivity contribution >= 4 is 28.8 Å². The molecular formula is C12H16N6O2S. The smallest absolute Gasteiger partial charge is 0.332 e. The summed E-state index contributed by atoms with van der Waals surface area (Å²) < 4.78 is 0. The van der Waals surface area contributed by atoms with Gasteiger partial charge >= 0.3 is 5.69 Å². The zero-order chi connectivity index (χ0) is 15.4. The second-order valence-corrected chi connectivity index (χ2v) is 5.27. The van der Waals surface area contributed by atoms with Crippen LogP contribution in [0.2, 0.25) is 0 Å². The number of hydrogen-bond acceptors (Lipinski definition) is 8. The van der Waals surface area contributed by atoms with Crippen LogP contribution >= 0.6 is 11.3 Å². The molecule has 8 nitrogen and oxygen atoms in total. The summed E-state index contributed by atoms with van der Waals surface area (Å²) in [6.07, 6.45) is 0. The van der Waals surface area contributed by atoms with Crippen LogP contribution in [0.5, 0.6) is 0 Å². The van der Waals surface area contributed by atoms with Crippen molar-refractivity contribution in [3.05, 3.63) is 31.9 Å². The summed E-state index contributed by atoms with van der Waals surface area (Å²) in [5.74, 6) is 0.598. The summed E-state index contributed by atoms with van der Waals surface area (Å²) in [5.41, 5.74) is 2.89. The molecule has 112 valence electrons. The van der Waals surface area contributed by atoms with Crippen LogP contribution in [-0.2, 0) is 6.54 Å². The Labute approximate surface area is 125 Å². The van der Waals surface area contributed by atoms with E-state index < -0.39 is 4.92 Å². The molecule has 0 aliphatic heterocycles. The van der Waals surface area contributed by atoms with E-state index in [1.54, 1.807) is 12.4 Å². The van der Waals surface area contributed by atoms with E-state index in [-0.39, 0.29) is 11.5 Å². The van der Waals surface area contributed by atoms with Gasteiger partial charge in [-0.05, 0) is 20.8 Å². The zero-order valence-corrected chi connectivity index (χ0v) is 12.8. The molecule has 0 aromatic carbocycles. The van der Waals surface area contributed by atoms with Crippen molar-refractivity contribution < 1.29 is 4.92 Å². The van der Waals surface area contributed by atoms with E-state index in [0.717, 1.165) is 10.6 Å². The minimum atomic E-state index is -0.465. The standard InChI is InChI=1S/C12H16N6O2S/c1-4-13-12-16-8(3)10(18(19)20)11(17-12)14-5-9-7(2)15-6-21-9/h6H,4-5H2,1-3H3,(H2,13,14,16,17). The Morgan fingerprint density at radius 1 is 1.29 bits per heavy atom. The van der Waals surface area contributed by atoms with Crippen LogP contribution in [0.3, 0.4) is 0 Å². The van der Waals surface area contributed by atoms with Gasteiger partial charge in [0.2, 0.25) is 11.8 Å². The quantitative estimate of drug-likeness (QED) is 0.623. The van der Waals surface area contributed by atoms with Crippen LogP contribution in [0.1, 0.15) is 23.2 Å². The van der Waals surface area contributed by atoms with E-state index in [0.29, 0.717) is 24.7 Å². The van der Waals surface area contributed by atoms with Gasteiger partial charge in [-0.15, -0.1) is 11.3 Å². The first-order valence-corrected chi connectivity index (χ1v) is 7.30. The number of hydrogen-bond donors (Lipinski definition) is 2. The maximum atomic E-state index is 11.2. The van der Waals surface area contributed by atoms with E-state index in [4.69, 9.17) is 0 Å². The minimum Gasteiger partial charge on any atom is -0.359 e. The normalized spacial score (nSPS) is 10.4. The fourth-order valence-electron chi connectivity index (χ4n) is 1.81. The molecule has 0 atom stereocenters. The summed E-state index contributed by atoms with van der Waals surface area (Å²) in [4.78, 5) is 24.2. The Kier molecular flexibility index (Phi) is 4.63. The number of thiazole rings is 1. The van der Waals surface area contributed by atoms with Gasteiger partial charge in [0.25, 0.3) is 0 Å². The van der Waals surface area contributed by atoms with E-state index in [9.17, 15) is 10.1 Å². The third-order valence-electron chi connectivity index (χ3n) is 2.84. The highest BCUT2D eigenvalue weighted by atomic mass is 32.1. The number of anilines is 2. The van der Waals surface area contributed by atoms with Crippen molar-refractivity contribution in [3.63, 3.8) is 0 Å². The lowest BCUT2D eigenvalue weighted by Gasteiger charge is -2.09. The molecule has 9 heteroatoms. The lowest BCUT2D eigenvalue weighted by Crippen LogP contribution is -2.11. The first-order chi connectivity index (χ1) is 10.0. The maximum Gasteiger partial charge on any atom is 0.332 e. The largest absolute Gasteiger partial charge is 0.359 e. The molecule has 2 N–H and O–H groups in total. The zero-order valence-electron chi connectivity index (χ0n) is 12.0. The van der Waals surface area contributed by atoms with Crippen molar-refractivity contribution in [2.75, 3.05) is 17.2 Å². The summed E-state index contributed by atoms with van der Waals surface area (Å²) in [6, 6.07) is 0. The topological polar surface area (TPSA) is 106 Å². The van der Waals surface area contributed by atoms with Gasteiger partial charge in [0, 0.05) is 11.4 Å². The molecule has 0 spiro atoms. The summed E-state index contributed by atoms with van der Waals surface area (Å²) >= 11 is 1.50. The van der Waals surface area contributed by atoms with Gasteiger partial charge in [-0.1, -0.05) is 0 Å². The molecule has 0 saturated heterocycles. The second-order valence-electron chi connectivity index (χ2n) is 4.33. The Bertz CT molecular complexity index is 657. The molecule has 0 fully saturated rings. The highest BCUT2D eigenvalue weighted by Crippen LogP contribution is 2.27. The van der Waals surface area contributed by atoms with Crippen molar-refractivity contribution in [1.82, 2.24) is 15.0 Å². The Balaban J connectivity index is 2.30. The lowest BCUT2D eigenvalue weighted by atomic mass is 10.3. The van der Waals surface area contributed by atoms with E-state index in [1.807, 2.05) is 13.8 Å². The monoisotopic (exact) mass is 308 g/mol. The number of nitrogens with zero attached hydrogens (tertiary/aromatic N) is 4. The molecular weight excluding hydrogens is 292 g/mol. The number of rotatable bonds is 6. The summed E-state index contributed by atoms with van der Waals surface area (Å²) in [6.45, 7) is 6.50.